The minimum absolute atomic E-state index is 0.237. The maximum atomic E-state index is 13.0. The van der Waals surface area contributed by atoms with Crippen LogP contribution in [0.3, 0.4) is 0 Å². The molecule has 1 rings (SSSR count). The first-order valence-electron chi connectivity index (χ1n) is 3.26. The van der Waals surface area contributed by atoms with Gasteiger partial charge in [0.15, 0.2) is 0 Å². The molecule has 0 atom stereocenters. The van der Waals surface area contributed by atoms with Crippen LogP contribution in [-0.4, -0.2) is 5.24 Å². The van der Waals surface area contributed by atoms with Gasteiger partial charge in [-0.2, -0.15) is 5.26 Å². The van der Waals surface area contributed by atoms with E-state index in [4.69, 9.17) is 40.1 Å². The molecule has 1 aromatic carbocycles. The van der Waals surface area contributed by atoms with Crippen molar-refractivity contribution >= 4 is 40.0 Å². The minimum atomic E-state index is -0.943. The standard InChI is InChI=1S/C8HCl3FNO/c9-6-3(8(11)14)1-5(12)7(10)4(6)2-13/h1H. The van der Waals surface area contributed by atoms with Crippen molar-refractivity contribution in [3.05, 3.63) is 33.1 Å². The molecule has 0 radical (unpaired) electrons. The Balaban J connectivity index is 3.61. The fourth-order valence-corrected chi connectivity index (χ4v) is 1.56. The molecule has 0 saturated carbocycles. The quantitative estimate of drug-likeness (QED) is 0.568. The molecule has 2 nitrogen and oxygen atoms in total. The Hall–Kier alpha value is -0.820. The lowest BCUT2D eigenvalue weighted by molar-refractivity contribution is 0.108. The molecule has 0 aliphatic rings. The van der Waals surface area contributed by atoms with E-state index in [-0.39, 0.29) is 16.1 Å². The highest BCUT2D eigenvalue weighted by atomic mass is 35.5. The number of benzene rings is 1. The zero-order valence-corrected chi connectivity index (χ0v) is 8.71. The van der Waals surface area contributed by atoms with Crippen molar-refractivity contribution in [1.29, 1.82) is 5.26 Å². The van der Waals surface area contributed by atoms with Gasteiger partial charge < -0.3 is 0 Å². The zero-order valence-electron chi connectivity index (χ0n) is 6.44. The maximum Gasteiger partial charge on any atom is 0.254 e. The number of nitrogens with zero attached hydrogens (tertiary/aromatic N) is 1. The van der Waals surface area contributed by atoms with E-state index in [0.29, 0.717) is 0 Å². The maximum absolute atomic E-state index is 13.0. The van der Waals surface area contributed by atoms with Crippen LogP contribution in [0.15, 0.2) is 6.07 Å². The monoisotopic (exact) mass is 251 g/mol. The Morgan fingerprint density at radius 1 is 1.43 bits per heavy atom. The Morgan fingerprint density at radius 2 is 2.00 bits per heavy atom. The molecular weight excluding hydrogens is 251 g/mol. The number of hydrogen-bond donors (Lipinski definition) is 0. The molecule has 0 amide bonds. The number of halogens is 4. The van der Waals surface area contributed by atoms with Gasteiger partial charge in [-0.3, -0.25) is 4.79 Å². The van der Waals surface area contributed by atoms with Crippen LogP contribution in [0.1, 0.15) is 15.9 Å². The first-order chi connectivity index (χ1) is 6.49. The molecule has 14 heavy (non-hydrogen) atoms. The average Bonchev–Trinajstić information content (AvgIpc) is 2.12. The topological polar surface area (TPSA) is 40.9 Å². The third kappa shape index (κ3) is 1.83. The van der Waals surface area contributed by atoms with Gasteiger partial charge in [-0.05, 0) is 17.7 Å². The summed E-state index contributed by atoms with van der Waals surface area (Å²) in [6.07, 6.45) is 0. The lowest BCUT2D eigenvalue weighted by Crippen LogP contribution is -1.96. The van der Waals surface area contributed by atoms with Crippen molar-refractivity contribution < 1.29 is 9.18 Å². The van der Waals surface area contributed by atoms with Gasteiger partial charge in [-0.1, -0.05) is 23.2 Å². The van der Waals surface area contributed by atoms with Gasteiger partial charge in [-0.25, -0.2) is 4.39 Å². The molecule has 0 N–H and O–H groups in total. The predicted octanol–water partition coefficient (Wildman–Crippen LogP) is 3.38. The van der Waals surface area contributed by atoms with E-state index >= 15 is 0 Å². The van der Waals surface area contributed by atoms with E-state index in [2.05, 4.69) is 0 Å². The molecule has 0 saturated heterocycles. The van der Waals surface area contributed by atoms with Crippen molar-refractivity contribution in [2.45, 2.75) is 0 Å². The van der Waals surface area contributed by atoms with E-state index in [0.717, 1.165) is 6.07 Å². The Bertz CT molecular complexity index is 453. The number of hydrogen-bond acceptors (Lipinski definition) is 2. The summed E-state index contributed by atoms with van der Waals surface area (Å²) in [6, 6.07) is 2.38. The summed E-state index contributed by atoms with van der Waals surface area (Å²) < 4.78 is 13.0. The van der Waals surface area contributed by atoms with E-state index in [1.165, 1.54) is 0 Å². The van der Waals surface area contributed by atoms with Crippen LogP contribution >= 0.6 is 34.8 Å². The van der Waals surface area contributed by atoms with Crippen molar-refractivity contribution in [2.24, 2.45) is 0 Å². The second-order valence-electron chi connectivity index (χ2n) is 2.29. The van der Waals surface area contributed by atoms with Crippen LogP contribution < -0.4 is 0 Å². The molecular formula is C8HCl3FNO. The Kier molecular flexibility index (Phi) is 3.33. The lowest BCUT2D eigenvalue weighted by atomic mass is 10.1. The normalized spacial score (nSPS) is 9.64. The number of carbonyl (C=O) groups is 1. The van der Waals surface area contributed by atoms with E-state index in [1.54, 1.807) is 6.07 Å². The first kappa shape index (κ1) is 11.3. The summed E-state index contributed by atoms with van der Waals surface area (Å²) in [7, 11) is 0. The molecule has 1 aromatic rings. The van der Waals surface area contributed by atoms with Crippen molar-refractivity contribution in [1.82, 2.24) is 0 Å². The number of carbonyl (C=O) groups excluding carboxylic acids is 1. The van der Waals surface area contributed by atoms with Crippen molar-refractivity contribution in [3.63, 3.8) is 0 Å². The van der Waals surface area contributed by atoms with Gasteiger partial charge in [0, 0.05) is 0 Å². The van der Waals surface area contributed by atoms with Gasteiger partial charge in [0.2, 0.25) is 0 Å². The van der Waals surface area contributed by atoms with Gasteiger partial charge in [0.1, 0.15) is 11.9 Å². The molecule has 0 fully saturated rings. The van der Waals surface area contributed by atoms with Gasteiger partial charge in [0.25, 0.3) is 5.24 Å². The van der Waals surface area contributed by atoms with Crippen LogP contribution in [0.4, 0.5) is 4.39 Å². The van der Waals surface area contributed by atoms with Crippen LogP contribution in [0.2, 0.25) is 10.0 Å². The highest BCUT2D eigenvalue weighted by Gasteiger charge is 2.18. The fraction of sp³-hybridized carbons (Fsp3) is 0. The molecule has 72 valence electrons. The van der Waals surface area contributed by atoms with Crippen LogP contribution in [0.25, 0.3) is 0 Å². The Labute approximate surface area is 93.8 Å². The highest BCUT2D eigenvalue weighted by Crippen LogP contribution is 2.30. The molecule has 0 aliphatic carbocycles. The minimum Gasteiger partial charge on any atom is -0.276 e. The molecule has 0 unspecified atom stereocenters. The zero-order chi connectivity index (χ0) is 10.9. The van der Waals surface area contributed by atoms with Gasteiger partial charge >= 0.3 is 0 Å². The van der Waals surface area contributed by atoms with E-state index in [1.807, 2.05) is 0 Å². The fourth-order valence-electron chi connectivity index (χ4n) is 0.845. The molecule has 0 bridgehead atoms. The van der Waals surface area contributed by atoms with E-state index < -0.39 is 16.1 Å². The largest absolute Gasteiger partial charge is 0.276 e. The SMILES string of the molecule is N#Cc1c(Cl)c(F)cc(C(=O)Cl)c1Cl. The average molecular weight is 252 g/mol. The second-order valence-corrected chi connectivity index (χ2v) is 3.39. The van der Waals surface area contributed by atoms with Crippen LogP contribution in [0, 0.1) is 17.1 Å². The van der Waals surface area contributed by atoms with Gasteiger partial charge in [0.05, 0.1) is 21.2 Å². The summed E-state index contributed by atoms with van der Waals surface area (Å²) in [5.74, 6) is -0.906. The Morgan fingerprint density at radius 3 is 2.43 bits per heavy atom. The molecule has 6 heteroatoms. The summed E-state index contributed by atoms with van der Waals surface area (Å²) in [5.41, 5.74) is -0.566. The van der Waals surface area contributed by atoms with Crippen molar-refractivity contribution in [2.75, 3.05) is 0 Å². The first-order valence-corrected chi connectivity index (χ1v) is 4.39. The lowest BCUT2D eigenvalue weighted by Gasteiger charge is -2.03. The molecule has 0 aromatic heterocycles. The van der Waals surface area contributed by atoms with Crippen molar-refractivity contribution in [3.8, 4) is 6.07 Å². The predicted molar refractivity (Wildman–Crippen MR) is 51.3 cm³/mol. The third-order valence-electron chi connectivity index (χ3n) is 1.48. The van der Waals surface area contributed by atoms with E-state index in [9.17, 15) is 9.18 Å². The number of nitriles is 1. The third-order valence-corrected chi connectivity index (χ3v) is 2.45. The summed E-state index contributed by atoms with van der Waals surface area (Å²) in [4.78, 5) is 10.8. The highest BCUT2D eigenvalue weighted by molar-refractivity contribution is 6.68. The van der Waals surface area contributed by atoms with Crippen LogP contribution in [0.5, 0.6) is 0 Å². The molecule has 0 heterocycles. The summed E-state index contributed by atoms with van der Waals surface area (Å²) >= 11 is 16.2. The van der Waals surface area contributed by atoms with Crippen LogP contribution in [-0.2, 0) is 0 Å². The van der Waals surface area contributed by atoms with Gasteiger partial charge in [-0.15, -0.1) is 0 Å². The molecule has 0 aliphatic heterocycles. The second kappa shape index (κ2) is 4.14. The molecule has 0 spiro atoms. The smallest absolute Gasteiger partial charge is 0.254 e. The number of rotatable bonds is 1. The summed E-state index contributed by atoms with van der Waals surface area (Å²) in [6.45, 7) is 0. The summed E-state index contributed by atoms with van der Waals surface area (Å²) in [5, 5.41) is 6.99.